The highest BCUT2D eigenvalue weighted by atomic mass is 16.5. The Balaban J connectivity index is 1.90. The maximum atomic E-state index is 5.89. The molecule has 2 rings (SSSR count). The van der Waals surface area contributed by atoms with Gasteiger partial charge in [-0.15, -0.1) is 0 Å². The number of ether oxygens (including phenoxy) is 1. The summed E-state index contributed by atoms with van der Waals surface area (Å²) in [4.78, 5) is 0. The molecule has 1 unspecified atom stereocenters. The van der Waals surface area contributed by atoms with Crippen LogP contribution in [-0.4, -0.2) is 18.4 Å². The van der Waals surface area contributed by atoms with Gasteiger partial charge < -0.3 is 4.74 Å². The third-order valence-electron chi connectivity index (χ3n) is 3.36. The lowest BCUT2D eigenvalue weighted by atomic mass is 10.0. The van der Waals surface area contributed by atoms with Gasteiger partial charge in [0.15, 0.2) is 0 Å². The summed E-state index contributed by atoms with van der Waals surface area (Å²) in [6.07, 6.45) is 8.94. The quantitative estimate of drug-likeness (QED) is 0.710. The van der Waals surface area contributed by atoms with Crippen LogP contribution in [0, 0.1) is 0 Å². The summed E-state index contributed by atoms with van der Waals surface area (Å²) in [5, 5.41) is 3.71. The molecule has 2 fully saturated rings. The first-order valence-corrected chi connectivity index (χ1v) is 5.76. The molecule has 1 N–H and O–H groups in total. The molecule has 1 aliphatic heterocycles. The summed E-state index contributed by atoms with van der Waals surface area (Å²) in [7, 11) is 0. The van der Waals surface area contributed by atoms with Crippen LogP contribution in [0.1, 0.15) is 51.9 Å². The van der Waals surface area contributed by atoms with E-state index in [-0.39, 0.29) is 5.72 Å². The summed E-state index contributed by atoms with van der Waals surface area (Å²) < 4.78 is 5.89. The Morgan fingerprint density at radius 2 is 2.15 bits per heavy atom. The minimum absolute atomic E-state index is 0.0953. The average molecular weight is 183 g/mol. The van der Waals surface area contributed by atoms with Crippen molar-refractivity contribution in [2.24, 2.45) is 0 Å². The van der Waals surface area contributed by atoms with E-state index in [0.29, 0.717) is 0 Å². The summed E-state index contributed by atoms with van der Waals surface area (Å²) in [6, 6.07) is 0.719. The standard InChI is InChI=1S/C11H21NO/c1-2-5-10-6-9-13-11(12-10)7-3-4-8-11/h10,12H,2-9H2,1H3. The lowest BCUT2D eigenvalue weighted by molar-refractivity contribution is -0.106. The molecule has 13 heavy (non-hydrogen) atoms. The molecule has 1 atom stereocenters. The molecule has 2 heteroatoms. The molecule has 76 valence electrons. The molecule has 0 radical (unpaired) electrons. The molecule has 1 aliphatic carbocycles. The third kappa shape index (κ3) is 2.05. The first kappa shape index (κ1) is 9.47. The van der Waals surface area contributed by atoms with Gasteiger partial charge in [0.25, 0.3) is 0 Å². The average Bonchev–Trinajstić information content (AvgIpc) is 2.54. The van der Waals surface area contributed by atoms with Crippen molar-refractivity contribution >= 4 is 0 Å². The van der Waals surface area contributed by atoms with E-state index in [1.54, 1.807) is 0 Å². The van der Waals surface area contributed by atoms with Gasteiger partial charge in [0.2, 0.25) is 0 Å². The van der Waals surface area contributed by atoms with Gasteiger partial charge in [-0.05, 0) is 38.5 Å². The molecular formula is C11H21NO. The second-order valence-electron chi connectivity index (χ2n) is 4.47. The smallest absolute Gasteiger partial charge is 0.119 e. The normalized spacial score (nSPS) is 32.5. The molecule has 0 aromatic heterocycles. The van der Waals surface area contributed by atoms with E-state index in [2.05, 4.69) is 12.2 Å². The van der Waals surface area contributed by atoms with Gasteiger partial charge in [-0.25, -0.2) is 0 Å². The minimum Gasteiger partial charge on any atom is -0.361 e. The first-order valence-electron chi connectivity index (χ1n) is 5.76. The summed E-state index contributed by atoms with van der Waals surface area (Å²) in [5.74, 6) is 0. The van der Waals surface area contributed by atoms with Gasteiger partial charge in [-0.3, -0.25) is 5.32 Å². The number of nitrogens with one attached hydrogen (secondary N) is 1. The number of hydrogen-bond acceptors (Lipinski definition) is 2. The Kier molecular flexibility index (Phi) is 2.89. The van der Waals surface area contributed by atoms with Crippen LogP contribution >= 0.6 is 0 Å². The summed E-state index contributed by atoms with van der Waals surface area (Å²) >= 11 is 0. The fourth-order valence-electron chi connectivity index (χ4n) is 2.68. The second kappa shape index (κ2) is 3.97. The fourth-order valence-corrected chi connectivity index (χ4v) is 2.68. The molecule has 1 spiro atoms. The van der Waals surface area contributed by atoms with Crippen LogP contribution < -0.4 is 5.32 Å². The largest absolute Gasteiger partial charge is 0.361 e. The Labute approximate surface area is 81.0 Å². The maximum Gasteiger partial charge on any atom is 0.119 e. The Hall–Kier alpha value is -0.0800. The van der Waals surface area contributed by atoms with Gasteiger partial charge in [0.1, 0.15) is 5.72 Å². The van der Waals surface area contributed by atoms with E-state index in [0.717, 1.165) is 12.6 Å². The van der Waals surface area contributed by atoms with Crippen molar-refractivity contribution in [2.75, 3.05) is 6.61 Å². The highest BCUT2D eigenvalue weighted by molar-refractivity contribution is 4.90. The van der Waals surface area contributed by atoms with Gasteiger partial charge in [-0.2, -0.15) is 0 Å². The van der Waals surface area contributed by atoms with Crippen LogP contribution in [0.4, 0.5) is 0 Å². The van der Waals surface area contributed by atoms with Crippen LogP contribution in [0.15, 0.2) is 0 Å². The lowest BCUT2D eigenvalue weighted by Gasteiger charge is -2.39. The van der Waals surface area contributed by atoms with E-state index in [4.69, 9.17) is 4.74 Å². The van der Waals surface area contributed by atoms with Crippen LogP contribution in [0.3, 0.4) is 0 Å². The summed E-state index contributed by atoms with van der Waals surface area (Å²) in [6.45, 7) is 3.23. The van der Waals surface area contributed by atoms with Crippen molar-refractivity contribution in [3.63, 3.8) is 0 Å². The van der Waals surface area contributed by atoms with Crippen LogP contribution in [0.2, 0.25) is 0 Å². The SMILES string of the molecule is CCCC1CCOC2(CCCC2)N1. The Bertz CT molecular complexity index is 161. The second-order valence-corrected chi connectivity index (χ2v) is 4.47. The zero-order valence-electron chi connectivity index (χ0n) is 8.64. The fraction of sp³-hybridized carbons (Fsp3) is 1.00. The van der Waals surface area contributed by atoms with Gasteiger partial charge in [-0.1, -0.05) is 13.3 Å². The van der Waals surface area contributed by atoms with Crippen LogP contribution in [0.5, 0.6) is 0 Å². The van der Waals surface area contributed by atoms with E-state index in [1.165, 1.54) is 44.9 Å². The van der Waals surface area contributed by atoms with Gasteiger partial charge in [0.05, 0.1) is 6.61 Å². The third-order valence-corrected chi connectivity index (χ3v) is 3.36. The molecule has 0 aromatic carbocycles. The van der Waals surface area contributed by atoms with Crippen molar-refractivity contribution in [3.05, 3.63) is 0 Å². The highest BCUT2D eigenvalue weighted by Gasteiger charge is 2.38. The topological polar surface area (TPSA) is 21.3 Å². The van der Waals surface area contributed by atoms with Gasteiger partial charge >= 0.3 is 0 Å². The molecule has 1 saturated heterocycles. The van der Waals surface area contributed by atoms with Crippen molar-refractivity contribution in [1.29, 1.82) is 0 Å². The summed E-state index contributed by atoms with van der Waals surface area (Å²) in [5.41, 5.74) is 0.0953. The molecular weight excluding hydrogens is 162 g/mol. The lowest BCUT2D eigenvalue weighted by Crippen LogP contribution is -2.54. The molecule has 0 amide bonds. The van der Waals surface area contributed by atoms with Crippen molar-refractivity contribution < 1.29 is 4.74 Å². The Morgan fingerprint density at radius 3 is 2.85 bits per heavy atom. The molecule has 2 aliphatic rings. The molecule has 0 aromatic rings. The minimum atomic E-state index is 0.0953. The predicted octanol–water partition coefficient (Wildman–Crippen LogP) is 2.44. The number of hydrogen-bond donors (Lipinski definition) is 1. The zero-order chi connectivity index (χ0) is 9.15. The van der Waals surface area contributed by atoms with E-state index >= 15 is 0 Å². The van der Waals surface area contributed by atoms with Gasteiger partial charge in [0, 0.05) is 6.04 Å². The van der Waals surface area contributed by atoms with Crippen molar-refractivity contribution in [1.82, 2.24) is 5.32 Å². The molecule has 1 heterocycles. The predicted molar refractivity (Wildman–Crippen MR) is 53.6 cm³/mol. The van der Waals surface area contributed by atoms with Crippen molar-refractivity contribution in [3.8, 4) is 0 Å². The first-order chi connectivity index (χ1) is 6.35. The number of rotatable bonds is 2. The van der Waals surface area contributed by atoms with Crippen LogP contribution in [0.25, 0.3) is 0 Å². The zero-order valence-corrected chi connectivity index (χ0v) is 8.64. The maximum absolute atomic E-state index is 5.89. The van der Waals surface area contributed by atoms with Crippen molar-refractivity contribution in [2.45, 2.75) is 63.6 Å². The monoisotopic (exact) mass is 183 g/mol. The Morgan fingerprint density at radius 1 is 1.38 bits per heavy atom. The van der Waals surface area contributed by atoms with E-state index < -0.39 is 0 Å². The highest BCUT2D eigenvalue weighted by Crippen LogP contribution is 2.34. The molecule has 2 nitrogen and oxygen atoms in total. The van der Waals surface area contributed by atoms with Crippen LogP contribution in [-0.2, 0) is 4.74 Å². The molecule has 1 saturated carbocycles. The van der Waals surface area contributed by atoms with E-state index in [1.807, 2.05) is 0 Å². The molecule has 0 bridgehead atoms. The van der Waals surface area contributed by atoms with E-state index in [9.17, 15) is 0 Å².